The van der Waals surface area contributed by atoms with Gasteiger partial charge in [-0.1, -0.05) is 0 Å². The Morgan fingerprint density at radius 3 is 3.00 bits per heavy atom. The number of aromatic nitrogens is 3. The first-order chi connectivity index (χ1) is 8.17. The topological polar surface area (TPSA) is 57.0 Å². The average molecular weight is 251 g/mol. The van der Waals surface area contributed by atoms with Gasteiger partial charge in [0.1, 0.15) is 9.88 Å². The lowest BCUT2D eigenvalue weighted by Gasteiger charge is -1.99. The standard InChI is InChI=1S/C11H13N3O2S/c1-4-14-8(5-6-12-14)10-13-7(2)9(17-10)11(15)16-3/h5-6H,4H2,1-3H3. The van der Waals surface area contributed by atoms with Gasteiger partial charge < -0.3 is 4.74 Å². The van der Waals surface area contributed by atoms with Gasteiger partial charge in [0.05, 0.1) is 18.5 Å². The molecule has 0 aliphatic carbocycles. The maximum atomic E-state index is 11.5. The second-order valence-electron chi connectivity index (χ2n) is 3.46. The molecule has 0 fully saturated rings. The molecular weight excluding hydrogens is 238 g/mol. The van der Waals surface area contributed by atoms with Crippen LogP contribution in [0.25, 0.3) is 10.7 Å². The van der Waals surface area contributed by atoms with Gasteiger partial charge in [-0.2, -0.15) is 5.10 Å². The van der Waals surface area contributed by atoms with E-state index < -0.39 is 0 Å². The summed E-state index contributed by atoms with van der Waals surface area (Å²) in [5.41, 5.74) is 1.62. The van der Waals surface area contributed by atoms with Crippen molar-refractivity contribution < 1.29 is 9.53 Å². The highest BCUT2D eigenvalue weighted by Crippen LogP contribution is 2.28. The molecule has 6 heteroatoms. The van der Waals surface area contributed by atoms with Gasteiger partial charge in [-0.05, 0) is 19.9 Å². The molecule has 0 atom stereocenters. The number of carbonyl (C=O) groups excluding carboxylic acids is 1. The maximum absolute atomic E-state index is 11.5. The van der Waals surface area contributed by atoms with Crippen LogP contribution in [0.15, 0.2) is 12.3 Å². The van der Waals surface area contributed by atoms with Gasteiger partial charge in [0.25, 0.3) is 0 Å². The molecule has 0 aliphatic rings. The van der Waals surface area contributed by atoms with Crippen molar-refractivity contribution in [1.82, 2.24) is 14.8 Å². The van der Waals surface area contributed by atoms with E-state index in [4.69, 9.17) is 4.74 Å². The van der Waals surface area contributed by atoms with E-state index in [1.165, 1.54) is 18.4 Å². The molecule has 0 bridgehead atoms. The molecule has 17 heavy (non-hydrogen) atoms. The Labute approximate surface area is 103 Å². The number of hydrogen-bond donors (Lipinski definition) is 0. The number of methoxy groups -OCH3 is 1. The summed E-state index contributed by atoms with van der Waals surface area (Å²) in [5.74, 6) is -0.339. The van der Waals surface area contributed by atoms with Crippen LogP contribution in [0.5, 0.6) is 0 Å². The van der Waals surface area contributed by atoms with Crippen molar-refractivity contribution in [3.63, 3.8) is 0 Å². The van der Waals surface area contributed by atoms with E-state index in [-0.39, 0.29) is 5.97 Å². The summed E-state index contributed by atoms with van der Waals surface area (Å²) < 4.78 is 6.56. The second-order valence-corrected chi connectivity index (χ2v) is 4.46. The molecule has 2 rings (SSSR count). The zero-order chi connectivity index (χ0) is 12.4. The number of rotatable bonds is 3. The minimum atomic E-state index is -0.339. The van der Waals surface area contributed by atoms with Crippen LogP contribution in [0.3, 0.4) is 0 Å². The molecule has 0 N–H and O–H groups in total. The fraction of sp³-hybridized carbons (Fsp3) is 0.364. The Kier molecular flexibility index (Phi) is 3.23. The molecule has 2 aromatic rings. The maximum Gasteiger partial charge on any atom is 0.349 e. The Balaban J connectivity index is 2.44. The highest BCUT2D eigenvalue weighted by molar-refractivity contribution is 7.17. The van der Waals surface area contributed by atoms with Crippen LogP contribution in [0.2, 0.25) is 0 Å². The third-order valence-corrected chi connectivity index (χ3v) is 3.56. The van der Waals surface area contributed by atoms with Gasteiger partial charge >= 0.3 is 5.97 Å². The minimum Gasteiger partial charge on any atom is -0.465 e. The molecule has 0 aliphatic heterocycles. The zero-order valence-electron chi connectivity index (χ0n) is 9.93. The van der Waals surface area contributed by atoms with Crippen molar-refractivity contribution in [3.8, 4) is 10.7 Å². The summed E-state index contributed by atoms with van der Waals surface area (Å²) in [7, 11) is 1.37. The van der Waals surface area contributed by atoms with Crippen molar-refractivity contribution >= 4 is 17.3 Å². The van der Waals surface area contributed by atoms with Crippen LogP contribution in [0.1, 0.15) is 22.3 Å². The Morgan fingerprint density at radius 2 is 2.35 bits per heavy atom. The van der Waals surface area contributed by atoms with E-state index in [0.29, 0.717) is 10.6 Å². The lowest BCUT2D eigenvalue weighted by molar-refractivity contribution is 0.0605. The molecular formula is C11H13N3O2S. The van der Waals surface area contributed by atoms with E-state index in [1.54, 1.807) is 13.1 Å². The third kappa shape index (κ3) is 2.08. The number of carbonyl (C=O) groups is 1. The number of hydrogen-bond acceptors (Lipinski definition) is 5. The molecule has 2 aromatic heterocycles. The Bertz CT molecular complexity index is 545. The van der Waals surface area contributed by atoms with Gasteiger partial charge in [-0.25, -0.2) is 9.78 Å². The molecule has 0 saturated heterocycles. The number of ether oxygens (including phenoxy) is 1. The van der Waals surface area contributed by atoms with Crippen LogP contribution in [0.4, 0.5) is 0 Å². The van der Waals surface area contributed by atoms with Crippen molar-refractivity contribution in [2.45, 2.75) is 20.4 Å². The molecule has 2 heterocycles. The molecule has 0 radical (unpaired) electrons. The number of aryl methyl sites for hydroxylation is 2. The fourth-order valence-electron chi connectivity index (χ4n) is 1.55. The highest BCUT2D eigenvalue weighted by atomic mass is 32.1. The summed E-state index contributed by atoms with van der Waals surface area (Å²) in [6.07, 6.45) is 1.73. The Morgan fingerprint density at radius 1 is 1.59 bits per heavy atom. The van der Waals surface area contributed by atoms with Crippen LogP contribution >= 0.6 is 11.3 Å². The molecule has 0 amide bonds. The molecule has 0 saturated carbocycles. The first-order valence-corrected chi connectivity index (χ1v) is 6.07. The first-order valence-electron chi connectivity index (χ1n) is 5.25. The van der Waals surface area contributed by atoms with Crippen LogP contribution in [-0.4, -0.2) is 27.8 Å². The van der Waals surface area contributed by atoms with E-state index in [1.807, 2.05) is 17.7 Å². The fourth-order valence-corrected chi connectivity index (χ4v) is 2.57. The van der Waals surface area contributed by atoms with Gasteiger partial charge in [0.15, 0.2) is 0 Å². The highest BCUT2D eigenvalue weighted by Gasteiger charge is 2.18. The SMILES string of the molecule is CCn1nccc1-c1nc(C)c(C(=O)OC)s1. The van der Waals surface area contributed by atoms with Crippen molar-refractivity contribution in [1.29, 1.82) is 0 Å². The lowest BCUT2D eigenvalue weighted by atomic mass is 10.4. The molecule has 5 nitrogen and oxygen atoms in total. The van der Waals surface area contributed by atoms with Crippen LogP contribution < -0.4 is 0 Å². The summed E-state index contributed by atoms with van der Waals surface area (Å²) in [6.45, 7) is 4.59. The number of thiazole rings is 1. The summed E-state index contributed by atoms with van der Waals surface area (Å²) in [6, 6.07) is 1.89. The zero-order valence-corrected chi connectivity index (χ0v) is 10.7. The van der Waals surface area contributed by atoms with E-state index in [9.17, 15) is 4.79 Å². The predicted octanol–water partition coefficient (Wildman–Crippen LogP) is 2.12. The minimum absolute atomic E-state index is 0.339. The van der Waals surface area contributed by atoms with Crippen LogP contribution in [0, 0.1) is 6.92 Å². The third-order valence-electron chi connectivity index (χ3n) is 2.40. The van der Waals surface area contributed by atoms with Crippen molar-refractivity contribution in [3.05, 3.63) is 22.8 Å². The van der Waals surface area contributed by atoms with Gasteiger partial charge in [-0.3, -0.25) is 4.68 Å². The van der Waals surface area contributed by atoms with E-state index in [0.717, 1.165) is 17.2 Å². The van der Waals surface area contributed by atoms with Gasteiger partial charge in [0, 0.05) is 12.7 Å². The average Bonchev–Trinajstić information content (AvgIpc) is 2.93. The molecule has 90 valence electrons. The van der Waals surface area contributed by atoms with Crippen molar-refractivity contribution in [2.75, 3.05) is 7.11 Å². The van der Waals surface area contributed by atoms with E-state index >= 15 is 0 Å². The molecule has 0 spiro atoms. The number of nitrogens with zero attached hydrogens (tertiary/aromatic N) is 3. The summed E-state index contributed by atoms with van der Waals surface area (Å²) in [4.78, 5) is 16.4. The normalized spacial score (nSPS) is 10.5. The Hall–Kier alpha value is -1.69. The summed E-state index contributed by atoms with van der Waals surface area (Å²) in [5, 5.41) is 4.98. The monoisotopic (exact) mass is 251 g/mol. The van der Waals surface area contributed by atoms with Gasteiger partial charge in [-0.15, -0.1) is 11.3 Å². The lowest BCUT2D eigenvalue weighted by Crippen LogP contribution is -1.99. The predicted molar refractivity (Wildman–Crippen MR) is 65.1 cm³/mol. The number of esters is 1. The smallest absolute Gasteiger partial charge is 0.349 e. The quantitative estimate of drug-likeness (QED) is 0.784. The largest absolute Gasteiger partial charge is 0.465 e. The van der Waals surface area contributed by atoms with Crippen molar-refractivity contribution in [2.24, 2.45) is 0 Å². The molecule has 0 unspecified atom stereocenters. The van der Waals surface area contributed by atoms with Gasteiger partial charge in [0.2, 0.25) is 0 Å². The molecule has 0 aromatic carbocycles. The first kappa shape index (κ1) is 11.8. The van der Waals surface area contributed by atoms with Crippen LogP contribution in [-0.2, 0) is 11.3 Å². The summed E-state index contributed by atoms with van der Waals surface area (Å²) >= 11 is 1.33. The second kappa shape index (κ2) is 4.67. The van der Waals surface area contributed by atoms with E-state index in [2.05, 4.69) is 10.1 Å².